The highest BCUT2D eigenvalue weighted by atomic mass is 15.2. The molecule has 0 bridgehead atoms. The Balaban J connectivity index is 2.19. The SMILES string of the molecule is CC(C)[C@@H](c1ccccc1)N1CCCC1. The average molecular weight is 203 g/mol. The molecule has 0 spiro atoms. The maximum atomic E-state index is 2.64. The van der Waals surface area contributed by atoms with E-state index in [2.05, 4.69) is 49.1 Å². The molecule has 1 aromatic rings. The van der Waals surface area contributed by atoms with Gasteiger partial charge in [-0.05, 0) is 37.4 Å². The van der Waals surface area contributed by atoms with Crippen molar-refractivity contribution in [1.82, 2.24) is 4.90 Å². The molecule has 1 fully saturated rings. The van der Waals surface area contributed by atoms with Crippen LogP contribution in [0.15, 0.2) is 30.3 Å². The van der Waals surface area contributed by atoms with Crippen molar-refractivity contribution in [2.75, 3.05) is 13.1 Å². The van der Waals surface area contributed by atoms with Gasteiger partial charge in [0, 0.05) is 6.04 Å². The van der Waals surface area contributed by atoms with Crippen LogP contribution in [0, 0.1) is 5.92 Å². The van der Waals surface area contributed by atoms with Gasteiger partial charge in [0.05, 0.1) is 0 Å². The Morgan fingerprint density at radius 1 is 1.00 bits per heavy atom. The van der Waals surface area contributed by atoms with Gasteiger partial charge >= 0.3 is 0 Å². The second-order valence-corrected chi connectivity index (χ2v) is 4.84. The molecule has 0 aromatic heterocycles. The van der Waals surface area contributed by atoms with Gasteiger partial charge in [-0.15, -0.1) is 0 Å². The van der Waals surface area contributed by atoms with Crippen LogP contribution < -0.4 is 0 Å². The predicted molar refractivity (Wildman–Crippen MR) is 64.8 cm³/mol. The van der Waals surface area contributed by atoms with E-state index in [1.54, 1.807) is 0 Å². The lowest BCUT2D eigenvalue weighted by Crippen LogP contribution is -2.29. The molecule has 0 saturated carbocycles. The number of rotatable bonds is 3. The van der Waals surface area contributed by atoms with E-state index < -0.39 is 0 Å². The quantitative estimate of drug-likeness (QED) is 0.727. The molecule has 1 aliphatic rings. The molecule has 1 aromatic carbocycles. The summed E-state index contributed by atoms with van der Waals surface area (Å²) in [4.78, 5) is 2.64. The first-order chi connectivity index (χ1) is 7.29. The van der Waals surface area contributed by atoms with Crippen molar-refractivity contribution in [3.63, 3.8) is 0 Å². The molecule has 82 valence electrons. The van der Waals surface area contributed by atoms with Gasteiger partial charge in [0.1, 0.15) is 0 Å². The fraction of sp³-hybridized carbons (Fsp3) is 0.571. The third-order valence-corrected chi connectivity index (χ3v) is 3.31. The van der Waals surface area contributed by atoms with Crippen molar-refractivity contribution in [1.29, 1.82) is 0 Å². The molecular formula is C14H21N. The minimum Gasteiger partial charge on any atom is -0.296 e. The molecule has 1 heterocycles. The van der Waals surface area contributed by atoms with Crippen molar-refractivity contribution < 1.29 is 0 Å². The Morgan fingerprint density at radius 3 is 2.13 bits per heavy atom. The topological polar surface area (TPSA) is 3.24 Å². The summed E-state index contributed by atoms with van der Waals surface area (Å²) in [5.41, 5.74) is 1.48. The summed E-state index contributed by atoms with van der Waals surface area (Å²) < 4.78 is 0. The highest BCUT2D eigenvalue weighted by molar-refractivity contribution is 5.19. The largest absolute Gasteiger partial charge is 0.296 e. The lowest BCUT2D eigenvalue weighted by molar-refractivity contribution is 0.193. The van der Waals surface area contributed by atoms with Crippen molar-refractivity contribution in [2.24, 2.45) is 5.92 Å². The summed E-state index contributed by atoms with van der Waals surface area (Å²) in [6.07, 6.45) is 2.74. The average Bonchev–Trinajstić information content (AvgIpc) is 2.72. The number of benzene rings is 1. The molecule has 0 unspecified atom stereocenters. The molecule has 0 radical (unpaired) electrons. The third-order valence-electron chi connectivity index (χ3n) is 3.31. The van der Waals surface area contributed by atoms with E-state index in [9.17, 15) is 0 Å². The first kappa shape index (κ1) is 10.7. The van der Waals surface area contributed by atoms with Crippen LogP contribution in [0.1, 0.15) is 38.3 Å². The van der Waals surface area contributed by atoms with Gasteiger partial charge in [0.15, 0.2) is 0 Å². The molecular weight excluding hydrogens is 182 g/mol. The van der Waals surface area contributed by atoms with Crippen LogP contribution in [0.2, 0.25) is 0 Å². The van der Waals surface area contributed by atoms with Crippen molar-refractivity contribution in [3.05, 3.63) is 35.9 Å². The number of hydrogen-bond donors (Lipinski definition) is 0. The van der Waals surface area contributed by atoms with Crippen LogP contribution >= 0.6 is 0 Å². The van der Waals surface area contributed by atoms with Gasteiger partial charge in [-0.1, -0.05) is 44.2 Å². The smallest absolute Gasteiger partial charge is 0.0371 e. The zero-order valence-electron chi connectivity index (χ0n) is 9.82. The van der Waals surface area contributed by atoms with E-state index in [0.29, 0.717) is 12.0 Å². The van der Waals surface area contributed by atoms with Gasteiger partial charge in [-0.2, -0.15) is 0 Å². The first-order valence-corrected chi connectivity index (χ1v) is 6.08. The van der Waals surface area contributed by atoms with E-state index in [1.807, 2.05) is 0 Å². The molecule has 0 aliphatic carbocycles. The Hall–Kier alpha value is -0.820. The third kappa shape index (κ3) is 2.40. The minimum absolute atomic E-state index is 0.619. The number of likely N-dealkylation sites (tertiary alicyclic amines) is 1. The van der Waals surface area contributed by atoms with E-state index in [1.165, 1.54) is 31.5 Å². The van der Waals surface area contributed by atoms with E-state index in [-0.39, 0.29) is 0 Å². The molecule has 1 atom stereocenters. The second-order valence-electron chi connectivity index (χ2n) is 4.84. The van der Waals surface area contributed by atoms with Crippen LogP contribution in [0.5, 0.6) is 0 Å². The maximum absolute atomic E-state index is 2.64. The Morgan fingerprint density at radius 2 is 1.60 bits per heavy atom. The molecule has 0 N–H and O–H groups in total. The lowest BCUT2D eigenvalue weighted by Gasteiger charge is -2.31. The zero-order chi connectivity index (χ0) is 10.7. The van der Waals surface area contributed by atoms with Crippen LogP contribution in [0.4, 0.5) is 0 Å². The molecule has 15 heavy (non-hydrogen) atoms. The molecule has 1 aliphatic heterocycles. The molecule has 1 saturated heterocycles. The summed E-state index contributed by atoms with van der Waals surface area (Å²) in [5, 5.41) is 0. The maximum Gasteiger partial charge on any atom is 0.0371 e. The summed E-state index contributed by atoms with van der Waals surface area (Å²) >= 11 is 0. The Labute approximate surface area is 93.1 Å². The van der Waals surface area contributed by atoms with Gasteiger partial charge < -0.3 is 0 Å². The summed E-state index contributed by atoms with van der Waals surface area (Å²) in [6, 6.07) is 11.6. The van der Waals surface area contributed by atoms with Crippen LogP contribution in [-0.2, 0) is 0 Å². The van der Waals surface area contributed by atoms with E-state index in [0.717, 1.165) is 0 Å². The van der Waals surface area contributed by atoms with Gasteiger partial charge in [0.2, 0.25) is 0 Å². The molecule has 0 amide bonds. The van der Waals surface area contributed by atoms with Crippen LogP contribution in [0.3, 0.4) is 0 Å². The molecule has 1 nitrogen and oxygen atoms in total. The standard InChI is InChI=1S/C14H21N/c1-12(2)14(15-10-6-7-11-15)13-8-4-3-5-9-13/h3-5,8-9,12,14H,6-7,10-11H2,1-2H3/t14-/m0/s1. The van der Waals surface area contributed by atoms with Gasteiger partial charge in [-0.25, -0.2) is 0 Å². The predicted octanol–water partition coefficient (Wildman–Crippen LogP) is 3.48. The fourth-order valence-electron chi connectivity index (χ4n) is 2.69. The normalized spacial score (nSPS) is 19.7. The van der Waals surface area contributed by atoms with Crippen molar-refractivity contribution >= 4 is 0 Å². The van der Waals surface area contributed by atoms with E-state index >= 15 is 0 Å². The lowest BCUT2D eigenvalue weighted by atomic mass is 9.95. The summed E-state index contributed by atoms with van der Waals surface area (Å²) in [6.45, 7) is 7.21. The van der Waals surface area contributed by atoms with Crippen LogP contribution in [-0.4, -0.2) is 18.0 Å². The summed E-state index contributed by atoms with van der Waals surface area (Å²) in [7, 11) is 0. The van der Waals surface area contributed by atoms with Crippen LogP contribution in [0.25, 0.3) is 0 Å². The monoisotopic (exact) mass is 203 g/mol. The number of hydrogen-bond acceptors (Lipinski definition) is 1. The second kappa shape index (κ2) is 4.80. The van der Waals surface area contributed by atoms with Crippen molar-refractivity contribution in [3.8, 4) is 0 Å². The highest BCUT2D eigenvalue weighted by Crippen LogP contribution is 2.31. The highest BCUT2D eigenvalue weighted by Gasteiger charge is 2.25. The van der Waals surface area contributed by atoms with Gasteiger partial charge in [0.25, 0.3) is 0 Å². The zero-order valence-corrected chi connectivity index (χ0v) is 9.82. The van der Waals surface area contributed by atoms with Gasteiger partial charge in [-0.3, -0.25) is 4.90 Å². The Bertz CT molecular complexity index is 285. The summed E-state index contributed by atoms with van der Waals surface area (Å²) in [5.74, 6) is 0.700. The fourth-order valence-corrected chi connectivity index (χ4v) is 2.69. The number of nitrogens with zero attached hydrogens (tertiary/aromatic N) is 1. The molecule has 1 heteroatoms. The molecule has 2 rings (SSSR count). The first-order valence-electron chi connectivity index (χ1n) is 6.08. The minimum atomic E-state index is 0.619. The Kier molecular flexibility index (Phi) is 3.42. The van der Waals surface area contributed by atoms with Crippen molar-refractivity contribution in [2.45, 2.75) is 32.7 Å². The van der Waals surface area contributed by atoms with E-state index in [4.69, 9.17) is 0 Å².